The van der Waals surface area contributed by atoms with Crippen LogP contribution in [0.5, 0.6) is 0 Å². The van der Waals surface area contributed by atoms with Gasteiger partial charge in [-0.25, -0.2) is 9.69 Å². The van der Waals surface area contributed by atoms with E-state index in [1.807, 2.05) is 0 Å². The molecule has 0 heterocycles. The molecule has 0 aliphatic heterocycles. The lowest BCUT2D eigenvalue weighted by Crippen LogP contribution is -2.42. The van der Waals surface area contributed by atoms with Crippen LogP contribution in [0, 0.1) is 0 Å². The predicted molar refractivity (Wildman–Crippen MR) is 35.4 cm³/mol. The summed E-state index contributed by atoms with van der Waals surface area (Å²) in [7, 11) is 0. The van der Waals surface area contributed by atoms with Crippen molar-refractivity contribution < 1.29 is 24.6 Å². The Morgan fingerprint density at radius 3 is 1.83 bits per heavy atom. The zero-order valence-corrected chi connectivity index (χ0v) is 6.08. The fourth-order valence-corrected chi connectivity index (χ4v) is 0.444. The van der Waals surface area contributed by atoms with E-state index in [2.05, 4.69) is 0 Å². The van der Waals surface area contributed by atoms with E-state index in [-0.39, 0.29) is 17.7 Å². The van der Waals surface area contributed by atoms with Gasteiger partial charge in [-0.05, 0) is 0 Å². The quantitative estimate of drug-likeness (QED) is 0.378. The first kappa shape index (κ1) is 10.5. The molecule has 0 rings (SSSR count). The van der Waals surface area contributed by atoms with E-state index in [1.165, 1.54) is 0 Å². The van der Waals surface area contributed by atoms with Crippen molar-refractivity contribution >= 4 is 18.9 Å². The van der Waals surface area contributed by atoms with Gasteiger partial charge in [0.05, 0.1) is 0 Å². The standard InChI is InChI=1S/C5H8N2O5/c8-1-6(2-9)5(12)7(3-10)4-11/h1-2,10-11H,3-4H2. The molecule has 68 valence electrons. The average molecular weight is 176 g/mol. The largest absolute Gasteiger partial charge is 0.376 e. The van der Waals surface area contributed by atoms with Crippen molar-refractivity contribution in [2.24, 2.45) is 0 Å². The molecule has 0 aliphatic rings. The van der Waals surface area contributed by atoms with Crippen LogP contribution in [0.3, 0.4) is 0 Å². The third kappa shape index (κ3) is 2.29. The molecule has 0 spiro atoms. The molecular formula is C5H8N2O5. The smallest absolute Gasteiger partial charge is 0.336 e. The fraction of sp³-hybridized carbons (Fsp3) is 0.400. The van der Waals surface area contributed by atoms with E-state index in [0.717, 1.165) is 0 Å². The maximum atomic E-state index is 10.8. The highest BCUT2D eigenvalue weighted by molar-refractivity contribution is 5.95. The molecule has 4 amide bonds. The van der Waals surface area contributed by atoms with Gasteiger partial charge in [-0.2, -0.15) is 0 Å². The Hall–Kier alpha value is -1.47. The van der Waals surface area contributed by atoms with Crippen LogP contribution in [0.15, 0.2) is 0 Å². The van der Waals surface area contributed by atoms with Gasteiger partial charge >= 0.3 is 6.03 Å². The van der Waals surface area contributed by atoms with E-state index >= 15 is 0 Å². The van der Waals surface area contributed by atoms with Gasteiger partial charge < -0.3 is 10.2 Å². The minimum absolute atomic E-state index is 0.0202. The Labute approximate surface area is 67.8 Å². The second kappa shape index (κ2) is 5.22. The SMILES string of the molecule is O=CN(C=O)C(=O)N(CO)CO. The highest BCUT2D eigenvalue weighted by Crippen LogP contribution is 1.91. The number of carbonyl (C=O) groups is 3. The number of hydrogen-bond acceptors (Lipinski definition) is 5. The molecule has 0 bridgehead atoms. The third-order valence-electron chi connectivity index (χ3n) is 1.06. The van der Waals surface area contributed by atoms with Crippen molar-refractivity contribution in [3.05, 3.63) is 0 Å². The molecule has 0 aromatic heterocycles. The van der Waals surface area contributed by atoms with E-state index in [9.17, 15) is 14.4 Å². The number of urea groups is 1. The van der Waals surface area contributed by atoms with Crippen molar-refractivity contribution in [1.82, 2.24) is 9.80 Å². The average Bonchev–Trinajstić information content (AvgIpc) is 2.09. The first-order chi connectivity index (χ1) is 5.71. The lowest BCUT2D eigenvalue weighted by Gasteiger charge is -2.18. The van der Waals surface area contributed by atoms with Crippen molar-refractivity contribution in [2.45, 2.75) is 0 Å². The third-order valence-corrected chi connectivity index (χ3v) is 1.06. The summed E-state index contributed by atoms with van der Waals surface area (Å²) in [4.78, 5) is 31.5. The maximum Gasteiger partial charge on any atom is 0.336 e. The van der Waals surface area contributed by atoms with E-state index in [4.69, 9.17) is 10.2 Å². The summed E-state index contributed by atoms with van der Waals surface area (Å²) in [6.07, 6.45) is -0.0404. The first-order valence-electron chi connectivity index (χ1n) is 2.90. The second-order valence-electron chi connectivity index (χ2n) is 1.72. The molecule has 0 fully saturated rings. The second-order valence-corrected chi connectivity index (χ2v) is 1.72. The van der Waals surface area contributed by atoms with Crippen molar-refractivity contribution in [3.63, 3.8) is 0 Å². The lowest BCUT2D eigenvalue weighted by molar-refractivity contribution is -0.127. The molecule has 0 atom stereocenters. The highest BCUT2D eigenvalue weighted by atomic mass is 16.3. The van der Waals surface area contributed by atoms with E-state index < -0.39 is 19.5 Å². The minimum atomic E-state index is -1.08. The number of amides is 4. The van der Waals surface area contributed by atoms with Crippen molar-refractivity contribution in [3.8, 4) is 0 Å². The number of nitrogens with zero attached hydrogens (tertiary/aromatic N) is 2. The molecule has 2 N–H and O–H groups in total. The molecule has 0 radical (unpaired) electrons. The monoisotopic (exact) mass is 176 g/mol. The van der Waals surface area contributed by atoms with Crippen LogP contribution >= 0.6 is 0 Å². The number of hydrogen-bond donors (Lipinski definition) is 2. The minimum Gasteiger partial charge on any atom is -0.376 e. The topological polar surface area (TPSA) is 98.2 Å². The summed E-state index contributed by atoms with van der Waals surface area (Å²) in [6.45, 7) is -1.54. The van der Waals surface area contributed by atoms with Gasteiger partial charge in [-0.3, -0.25) is 14.5 Å². The van der Waals surface area contributed by atoms with E-state index in [1.54, 1.807) is 0 Å². The summed E-state index contributed by atoms with van der Waals surface area (Å²) in [5.74, 6) is 0. The highest BCUT2D eigenvalue weighted by Gasteiger charge is 2.17. The number of aliphatic hydroxyl groups excluding tert-OH is 2. The van der Waals surface area contributed by atoms with Crippen LogP contribution in [0.1, 0.15) is 0 Å². The van der Waals surface area contributed by atoms with Crippen LogP contribution < -0.4 is 0 Å². The van der Waals surface area contributed by atoms with Gasteiger partial charge in [0.1, 0.15) is 13.5 Å². The predicted octanol–water partition coefficient (Wildman–Crippen LogP) is -2.08. The Balaban J connectivity index is 4.31. The molecule has 12 heavy (non-hydrogen) atoms. The molecule has 0 saturated carbocycles. The molecule has 0 unspecified atom stereocenters. The maximum absolute atomic E-state index is 10.8. The molecule has 7 nitrogen and oxygen atoms in total. The molecule has 0 saturated heterocycles. The van der Waals surface area contributed by atoms with Crippen LogP contribution in [-0.4, -0.2) is 52.3 Å². The number of imide groups is 3. The van der Waals surface area contributed by atoms with Gasteiger partial charge in [0.15, 0.2) is 0 Å². The van der Waals surface area contributed by atoms with Gasteiger partial charge in [0.25, 0.3) is 0 Å². The zero-order chi connectivity index (χ0) is 9.56. The van der Waals surface area contributed by atoms with E-state index in [0.29, 0.717) is 4.90 Å². The normalized spacial score (nSPS) is 8.83. The van der Waals surface area contributed by atoms with Crippen LogP contribution in [-0.2, 0) is 9.59 Å². The van der Waals surface area contributed by atoms with Gasteiger partial charge in [0.2, 0.25) is 12.8 Å². The zero-order valence-electron chi connectivity index (χ0n) is 6.08. The van der Waals surface area contributed by atoms with Crippen LogP contribution in [0.25, 0.3) is 0 Å². The van der Waals surface area contributed by atoms with Gasteiger partial charge in [-0.15, -0.1) is 0 Å². The Bertz CT molecular complexity index is 171. The summed E-state index contributed by atoms with van der Waals surface area (Å²) >= 11 is 0. The summed E-state index contributed by atoms with van der Waals surface area (Å²) in [6, 6.07) is -1.08. The molecular weight excluding hydrogens is 168 g/mol. The Morgan fingerprint density at radius 2 is 1.58 bits per heavy atom. The lowest BCUT2D eigenvalue weighted by atomic mass is 10.7. The summed E-state index contributed by atoms with van der Waals surface area (Å²) in [5.41, 5.74) is 0. The summed E-state index contributed by atoms with van der Waals surface area (Å²) < 4.78 is 0. The molecule has 7 heteroatoms. The van der Waals surface area contributed by atoms with Crippen molar-refractivity contribution in [1.29, 1.82) is 0 Å². The number of aliphatic hydroxyl groups is 2. The molecule has 0 aliphatic carbocycles. The van der Waals surface area contributed by atoms with Gasteiger partial charge in [0, 0.05) is 0 Å². The van der Waals surface area contributed by atoms with Crippen molar-refractivity contribution in [2.75, 3.05) is 13.5 Å². The number of rotatable bonds is 4. The van der Waals surface area contributed by atoms with Gasteiger partial charge in [-0.1, -0.05) is 0 Å². The fourth-order valence-electron chi connectivity index (χ4n) is 0.444. The molecule has 0 aromatic carbocycles. The first-order valence-corrected chi connectivity index (χ1v) is 2.90. The number of carbonyl (C=O) groups excluding carboxylic acids is 3. The van der Waals surface area contributed by atoms with Crippen LogP contribution in [0.2, 0.25) is 0 Å². The Morgan fingerprint density at radius 1 is 1.17 bits per heavy atom. The van der Waals surface area contributed by atoms with Crippen LogP contribution in [0.4, 0.5) is 4.79 Å². The summed E-state index contributed by atoms with van der Waals surface area (Å²) in [5, 5.41) is 16.8. The molecule has 0 aromatic rings. The Kier molecular flexibility index (Phi) is 4.58.